The summed E-state index contributed by atoms with van der Waals surface area (Å²) < 4.78 is 0. The van der Waals surface area contributed by atoms with E-state index in [9.17, 15) is 0 Å². The maximum Gasteiger partial charge on any atom is -0.00206 e. The van der Waals surface area contributed by atoms with Crippen molar-refractivity contribution in [1.29, 1.82) is 0 Å². The predicted octanol–water partition coefficient (Wildman–Crippen LogP) is 4.25. The number of unbranched alkanes of at least 4 members (excludes halogenated alkanes) is 1. The van der Waals surface area contributed by atoms with Crippen LogP contribution in [-0.4, -0.2) is 5.75 Å². The molecule has 1 heterocycles. The summed E-state index contributed by atoms with van der Waals surface area (Å²) in [5.74, 6) is 1.25. The van der Waals surface area contributed by atoms with Crippen molar-refractivity contribution < 1.29 is 0 Å². The van der Waals surface area contributed by atoms with E-state index in [0.29, 0.717) is 0 Å². The van der Waals surface area contributed by atoms with Crippen molar-refractivity contribution in [3.8, 4) is 0 Å². The van der Waals surface area contributed by atoms with Crippen molar-refractivity contribution in [1.82, 2.24) is 0 Å². The predicted molar refractivity (Wildman–Crippen MR) is 60.7 cm³/mol. The van der Waals surface area contributed by atoms with Crippen LogP contribution in [0.3, 0.4) is 0 Å². The van der Waals surface area contributed by atoms with E-state index in [1.165, 1.54) is 24.2 Å². The molecule has 1 aromatic rings. The van der Waals surface area contributed by atoms with Crippen molar-refractivity contribution in [3.63, 3.8) is 0 Å². The third-order valence-electron chi connectivity index (χ3n) is 1.52. The molecule has 0 nitrogen and oxygen atoms in total. The topological polar surface area (TPSA) is 0 Å². The van der Waals surface area contributed by atoms with Crippen LogP contribution in [0.15, 0.2) is 22.2 Å². The highest BCUT2D eigenvalue weighted by Gasteiger charge is 1.85. The molecule has 0 aliphatic carbocycles. The van der Waals surface area contributed by atoms with E-state index in [1.54, 1.807) is 11.3 Å². The lowest BCUT2D eigenvalue weighted by molar-refractivity contribution is 0.898. The summed E-state index contributed by atoms with van der Waals surface area (Å²) in [7, 11) is 0. The van der Waals surface area contributed by atoms with Crippen LogP contribution < -0.4 is 0 Å². The maximum atomic E-state index is 2.23. The molecule has 0 aromatic carbocycles. The van der Waals surface area contributed by atoms with Gasteiger partial charge in [0.15, 0.2) is 0 Å². The fraction of sp³-hybridized carbons (Fsp3) is 0.400. The van der Waals surface area contributed by atoms with Gasteiger partial charge in [-0.15, -0.1) is 11.8 Å². The Hall–Kier alpha value is -0.210. The van der Waals surface area contributed by atoms with Gasteiger partial charge in [0, 0.05) is 0 Å². The Morgan fingerprint density at radius 3 is 3.17 bits per heavy atom. The van der Waals surface area contributed by atoms with E-state index < -0.39 is 0 Å². The first-order valence-electron chi connectivity index (χ1n) is 4.24. The van der Waals surface area contributed by atoms with Crippen LogP contribution in [0, 0.1) is 0 Å². The van der Waals surface area contributed by atoms with Crippen LogP contribution in [0.25, 0.3) is 6.08 Å². The molecule has 2 heteroatoms. The lowest BCUT2D eigenvalue weighted by atomic mass is 10.3. The van der Waals surface area contributed by atoms with Crippen molar-refractivity contribution >= 4 is 29.2 Å². The third-order valence-corrected chi connectivity index (χ3v) is 3.07. The molecule has 0 aliphatic rings. The van der Waals surface area contributed by atoms with Gasteiger partial charge in [-0.25, -0.2) is 0 Å². The van der Waals surface area contributed by atoms with Gasteiger partial charge in [0.1, 0.15) is 0 Å². The van der Waals surface area contributed by atoms with E-state index in [-0.39, 0.29) is 0 Å². The molecule has 0 radical (unpaired) electrons. The molecule has 0 spiro atoms. The number of hydrogen-bond acceptors (Lipinski definition) is 2. The second-order valence-electron chi connectivity index (χ2n) is 2.58. The smallest absolute Gasteiger partial charge is 0.00206 e. The lowest BCUT2D eigenvalue weighted by Crippen LogP contribution is -1.72. The molecular weight excluding hydrogens is 184 g/mol. The molecule has 0 atom stereocenters. The summed E-state index contributed by atoms with van der Waals surface area (Å²) in [6.45, 7) is 2.23. The van der Waals surface area contributed by atoms with Crippen LogP contribution >= 0.6 is 23.1 Å². The van der Waals surface area contributed by atoms with E-state index in [2.05, 4.69) is 35.2 Å². The number of thiophene rings is 1. The Labute approximate surface area is 82.7 Å². The molecule has 0 fully saturated rings. The summed E-state index contributed by atoms with van der Waals surface area (Å²) in [5.41, 5.74) is 1.32. The van der Waals surface area contributed by atoms with E-state index in [0.717, 1.165) is 0 Å². The first-order valence-corrected chi connectivity index (χ1v) is 6.23. The minimum atomic E-state index is 1.25. The standard InChI is InChI=1S/C10H14S2/c1-2-3-6-11-7-4-10-5-8-12-9-10/h4-5,7-9H,2-3,6H2,1H3. The average Bonchev–Trinajstić information content (AvgIpc) is 2.57. The van der Waals surface area contributed by atoms with Crippen LogP contribution in [-0.2, 0) is 0 Å². The molecule has 66 valence electrons. The Kier molecular flexibility index (Phi) is 5.20. The van der Waals surface area contributed by atoms with Gasteiger partial charge in [-0.05, 0) is 46.0 Å². The Balaban J connectivity index is 2.14. The van der Waals surface area contributed by atoms with Crippen molar-refractivity contribution in [3.05, 3.63) is 27.8 Å². The van der Waals surface area contributed by atoms with Gasteiger partial charge in [0.2, 0.25) is 0 Å². The van der Waals surface area contributed by atoms with E-state index in [1.807, 2.05) is 11.8 Å². The zero-order valence-corrected chi connectivity index (χ0v) is 8.96. The lowest BCUT2D eigenvalue weighted by Gasteiger charge is -1.90. The Bertz CT molecular complexity index is 212. The van der Waals surface area contributed by atoms with Crippen LogP contribution in [0.1, 0.15) is 25.3 Å². The summed E-state index contributed by atoms with van der Waals surface area (Å²) in [6.07, 6.45) is 4.79. The summed E-state index contributed by atoms with van der Waals surface area (Å²) >= 11 is 3.65. The molecule has 0 unspecified atom stereocenters. The van der Waals surface area contributed by atoms with E-state index in [4.69, 9.17) is 0 Å². The number of thioether (sulfide) groups is 1. The fourth-order valence-electron chi connectivity index (χ4n) is 0.792. The highest BCUT2D eigenvalue weighted by molar-refractivity contribution is 8.02. The number of hydrogen-bond donors (Lipinski definition) is 0. The quantitative estimate of drug-likeness (QED) is 0.637. The highest BCUT2D eigenvalue weighted by Crippen LogP contribution is 2.12. The molecule has 0 N–H and O–H groups in total. The Morgan fingerprint density at radius 1 is 1.58 bits per heavy atom. The fourth-order valence-corrected chi connectivity index (χ4v) is 2.27. The highest BCUT2D eigenvalue weighted by atomic mass is 32.2. The molecule has 0 aliphatic heterocycles. The second-order valence-corrected chi connectivity index (χ2v) is 4.38. The summed E-state index contributed by atoms with van der Waals surface area (Å²) in [6, 6.07) is 2.14. The monoisotopic (exact) mass is 198 g/mol. The van der Waals surface area contributed by atoms with Crippen LogP contribution in [0.4, 0.5) is 0 Å². The first kappa shape index (κ1) is 9.87. The SMILES string of the molecule is CCCCSC=Cc1ccsc1. The Morgan fingerprint density at radius 2 is 2.50 bits per heavy atom. The van der Waals surface area contributed by atoms with Gasteiger partial charge >= 0.3 is 0 Å². The molecule has 0 saturated carbocycles. The first-order chi connectivity index (χ1) is 5.93. The minimum Gasteiger partial charge on any atom is -0.152 e. The average molecular weight is 198 g/mol. The minimum absolute atomic E-state index is 1.25. The molecule has 1 rings (SSSR count). The largest absolute Gasteiger partial charge is 0.152 e. The van der Waals surface area contributed by atoms with Crippen molar-refractivity contribution in [2.24, 2.45) is 0 Å². The van der Waals surface area contributed by atoms with Crippen LogP contribution in [0.5, 0.6) is 0 Å². The van der Waals surface area contributed by atoms with Crippen LogP contribution in [0.2, 0.25) is 0 Å². The van der Waals surface area contributed by atoms with Crippen molar-refractivity contribution in [2.45, 2.75) is 19.8 Å². The maximum absolute atomic E-state index is 2.23. The molecule has 12 heavy (non-hydrogen) atoms. The van der Waals surface area contributed by atoms with Gasteiger partial charge in [0.25, 0.3) is 0 Å². The number of rotatable bonds is 5. The summed E-state index contributed by atoms with van der Waals surface area (Å²) in [4.78, 5) is 0. The molecule has 0 bridgehead atoms. The molecular formula is C10H14S2. The second kappa shape index (κ2) is 6.32. The third kappa shape index (κ3) is 3.98. The molecule has 0 saturated heterocycles. The molecule has 1 aromatic heterocycles. The van der Waals surface area contributed by atoms with Gasteiger partial charge in [0.05, 0.1) is 0 Å². The zero-order valence-electron chi connectivity index (χ0n) is 7.32. The van der Waals surface area contributed by atoms with Crippen molar-refractivity contribution in [2.75, 3.05) is 5.75 Å². The van der Waals surface area contributed by atoms with E-state index >= 15 is 0 Å². The normalized spacial score (nSPS) is 11.1. The van der Waals surface area contributed by atoms with Gasteiger partial charge in [-0.1, -0.05) is 13.3 Å². The van der Waals surface area contributed by atoms with Gasteiger partial charge in [-0.3, -0.25) is 0 Å². The summed E-state index contributed by atoms with van der Waals surface area (Å²) in [5, 5.41) is 6.46. The molecule has 0 amide bonds. The van der Waals surface area contributed by atoms with Gasteiger partial charge in [-0.2, -0.15) is 11.3 Å². The van der Waals surface area contributed by atoms with Gasteiger partial charge < -0.3 is 0 Å². The zero-order chi connectivity index (χ0) is 8.65.